The third kappa shape index (κ3) is 9.23. The highest BCUT2D eigenvalue weighted by Crippen LogP contribution is 2.40. The third-order valence-corrected chi connectivity index (χ3v) is 7.85. The summed E-state index contributed by atoms with van der Waals surface area (Å²) in [7, 11) is 2.20. The van der Waals surface area contributed by atoms with E-state index in [9.17, 15) is 4.79 Å². The van der Waals surface area contributed by atoms with Gasteiger partial charge in [-0.3, -0.25) is 0 Å². The average molecular weight is 638 g/mol. The molecule has 4 N–H and O–H groups in total. The molecule has 38 heavy (non-hydrogen) atoms. The molecular weight excluding hydrogens is 589 g/mol. The second-order valence-electron chi connectivity index (χ2n) is 12.1. The molecule has 0 spiro atoms. The van der Waals surface area contributed by atoms with E-state index in [1.807, 2.05) is 0 Å². The lowest BCUT2D eigenvalue weighted by atomic mass is 9.91. The Labute approximate surface area is 243 Å². The van der Waals surface area contributed by atoms with Gasteiger partial charge in [-0.05, 0) is 69.7 Å². The number of ether oxygens (including phenoxy) is 1. The molecule has 212 valence electrons. The van der Waals surface area contributed by atoms with Crippen LogP contribution in [0.4, 0.5) is 17.2 Å². The molecule has 2 atom stereocenters. The van der Waals surface area contributed by atoms with Crippen LogP contribution in [0.2, 0.25) is 0 Å². The maximum Gasteiger partial charge on any atom is 0.149 e. The molecule has 0 amide bonds. The minimum absolute atomic E-state index is 0.0459. The van der Waals surface area contributed by atoms with Crippen LogP contribution in [0, 0.1) is 5.41 Å². The van der Waals surface area contributed by atoms with Crippen molar-refractivity contribution in [3.8, 4) is 0 Å². The molecular formula is C30H48IN5O2. The lowest BCUT2D eigenvalue weighted by Gasteiger charge is -2.30. The second kappa shape index (κ2) is 14.1. The smallest absolute Gasteiger partial charge is 0.149 e. The van der Waals surface area contributed by atoms with Crippen LogP contribution in [0.5, 0.6) is 0 Å². The van der Waals surface area contributed by atoms with Gasteiger partial charge in [-0.25, -0.2) is 4.98 Å². The zero-order valence-corrected chi connectivity index (χ0v) is 26.2. The van der Waals surface area contributed by atoms with E-state index in [0.29, 0.717) is 25.5 Å². The highest BCUT2D eigenvalue weighted by atomic mass is 127. The Morgan fingerprint density at radius 2 is 1.89 bits per heavy atom. The molecule has 0 bridgehead atoms. The van der Waals surface area contributed by atoms with Crippen LogP contribution in [0.1, 0.15) is 78.2 Å². The van der Waals surface area contributed by atoms with Gasteiger partial charge in [-0.15, -0.1) is 0 Å². The van der Waals surface area contributed by atoms with E-state index in [1.54, 1.807) is 0 Å². The number of rotatable bonds is 17. The van der Waals surface area contributed by atoms with Gasteiger partial charge in [0, 0.05) is 18.4 Å². The van der Waals surface area contributed by atoms with Crippen LogP contribution in [0.25, 0.3) is 10.9 Å². The summed E-state index contributed by atoms with van der Waals surface area (Å²) in [6, 6.07) is 6.65. The molecule has 2 unspecified atom stereocenters. The number of pyridine rings is 1. The number of aldehydes is 1. The van der Waals surface area contributed by atoms with Crippen molar-refractivity contribution in [3.63, 3.8) is 0 Å². The predicted octanol–water partition coefficient (Wildman–Crippen LogP) is 6.64. The highest BCUT2D eigenvalue weighted by molar-refractivity contribution is 14.1. The summed E-state index contributed by atoms with van der Waals surface area (Å²) in [5.41, 5.74) is 10.6. The fourth-order valence-electron chi connectivity index (χ4n) is 5.12. The average Bonchev–Trinajstić information content (AvgIpc) is 3.27. The highest BCUT2D eigenvalue weighted by Gasteiger charge is 2.26. The van der Waals surface area contributed by atoms with Crippen molar-refractivity contribution in [2.45, 2.75) is 88.6 Å². The number of alkyl halides is 1. The number of nitrogens with one attached hydrogen (secondary N) is 2. The van der Waals surface area contributed by atoms with Gasteiger partial charge in [0.15, 0.2) is 0 Å². The summed E-state index contributed by atoms with van der Waals surface area (Å²) in [5.74, 6) is 0.580. The number of carbonyl (C=O) groups is 1. The molecule has 0 saturated heterocycles. The standard InChI is InChI=1S/C30H48IN5O2/c1-6-7-12-25-34-26-23-14-13-22(18-24(23)33-28(32)27(26)35-25)11-9-8-10-16-36(5)19-30(4,31)21-38-20-29(2,3)15-17-37/h13-14,17-18,25,34-35H,6-12,15-16,19-21H2,1-5H3,(H2,32,33). The lowest BCUT2D eigenvalue weighted by Crippen LogP contribution is -2.39. The number of halogens is 1. The van der Waals surface area contributed by atoms with Crippen molar-refractivity contribution in [1.82, 2.24) is 9.88 Å². The summed E-state index contributed by atoms with van der Waals surface area (Å²) in [6.45, 7) is 12.0. The number of benzene rings is 1. The summed E-state index contributed by atoms with van der Waals surface area (Å²) in [6.07, 6.45) is 9.77. The molecule has 2 heterocycles. The summed E-state index contributed by atoms with van der Waals surface area (Å²) >= 11 is 2.51. The number of anilines is 3. The first-order chi connectivity index (χ1) is 18.0. The molecule has 3 rings (SSSR count). The van der Waals surface area contributed by atoms with Gasteiger partial charge < -0.3 is 30.8 Å². The molecule has 0 radical (unpaired) electrons. The maximum atomic E-state index is 10.8. The van der Waals surface area contributed by atoms with Gasteiger partial charge in [-0.2, -0.15) is 0 Å². The molecule has 0 saturated carbocycles. The molecule has 8 heteroatoms. The van der Waals surface area contributed by atoms with Crippen LogP contribution in [0.3, 0.4) is 0 Å². The fourth-order valence-corrected chi connectivity index (χ4v) is 5.92. The molecule has 1 aromatic heterocycles. The Bertz CT molecular complexity index is 1060. The van der Waals surface area contributed by atoms with Gasteiger partial charge in [0.05, 0.1) is 34.0 Å². The molecule has 0 fully saturated rings. The van der Waals surface area contributed by atoms with Gasteiger partial charge in [0.2, 0.25) is 0 Å². The second-order valence-corrected chi connectivity index (χ2v) is 14.7. The van der Waals surface area contributed by atoms with Crippen LogP contribution < -0.4 is 16.4 Å². The monoisotopic (exact) mass is 637 g/mol. The minimum atomic E-state index is -0.0977. The van der Waals surface area contributed by atoms with Gasteiger partial charge in [0.1, 0.15) is 17.8 Å². The van der Waals surface area contributed by atoms with E-state index in [-0.39, 0.29) is 15.0 Å². The van der Waals surface area contributed by atoms with Crippen LogP contribution >= 0.6 is 22.6 Å². The van der Waals surface area contributed by atoms with E-state index in [2.05, 4.69) is 91.1 Å². The largest absolute Gasteiger partial charge is 0.382 e. The van der Waals surface area contributed by atoms with Crippen molar-refractivity contribution in [2.75, 3.05) is 49.7 Å². The summed E-state index contributed by atoms with van der Waals surface area (Å²) in [4.78, 5) is 17.9. The Morgan fingerprint density at radius 1 is 1.13 bits per heavy atom. The number of nitrogen functional groups attached to an aromatic ring is 1. The van der Waals surface area contributed by atoms with E-state index in [4.69, 9.17) is 15.5 Å². The predicted molar refractivity (Wildman–Crippen MR) is 169 cm³/mol. The molecule has 7 nitrogen and oxygen atoms in total. The quantitative estimate of drug-likeness (QED) is 0.0775. The Balaban J connectivity index is 1.40. The van der Waals surface area contributed by atoms with E-state index >= 15 is 0 Å². The number of fused-ring (bicyclic) bond motifs is 3. The van der Waals surface area contributed by atoms with Crippen LogP contribution in [-0.4, -0.2) is 59.1 Å². The lowest BCUT2D eigenvalue weighted by molar-refractivity contribution is -0.110. The van der Waals surface area contributed by atoms with Gasteiger partial charge >= 0.3 is 0 Å². The number of aromatic nitrogens is 1. The van der Waals surface area contributed by atoms with Crippen molar-refractivity contribution >= 4 is 57.0 Å². The molecule has 2 aromatic rings. The third-order valence-electron chi connectivity index (χ3n) is 7.20. The van der Waals surface area contributed by atoms with E-state index in [1.165, 1.54) is 31.2 Å². The Morgan fingerprint density at radius 3 is 2.63 bits per heavy atom. The molecule has 1 aliphatic heterocycles. The summed E-state index contributed by atoms with van der Waals surface area (Å²) < 4.78 is 6.02. The normalized spacial score (nSPS) is 16.8. The number of carbonyl (C=O) groups excluding carboxylic acids is 1. The molecule has 0 aliphatic carbocycles. The zero-order chi connectivity index (χ0) is 27.8. The van der Waals surface area contributed by atoms with E-state index in [0.717, 1.165) is 60.9 Å². The van der Waals surface area contributed by atoms with Crippen molar-refractivity contribution < 1.29 is 9.53 Å². The SMILES string of the molecule is CCCCC1Nc2c(N)nc3cc(CCCCCN(C)CC(C)(I)COCC(C)(C)CC=O)ccc3c2N1. The first-order valence-electron chi connectivity index (χ1n) is 14.2. The Hall–Kier alpha value is -1.65. The fraction of sp³-hybridized carbons (Fsp3) is 0.667. The van der Waals surface area contributed by atoms with E-state index < -0.39 is 0 Å². The van der Waals surface area contributed by atoms with Crippen molar-refractivity contribution in [1.29, 1.82) is 0 Å². The van der Waals surface area contributed by atoms with Crippen molar-refractivity contribution in [2.24, 2.45) is 5.41 Å². The topological polar surface area (TPSA) is 92.5 Å². The van der Waals surface area contributed by atoms with Crippen molar-refractivity contribution in [3.05, 3.63) is 23.8 Å². The number of hydrogen-bond acceptors (Lipinski definition) is 7. The number of nitrogens with two attached hydrogens (primary N) is 1. The number of hydrogen-bond donors (Lipinski definition) is 3. The molecule has 1 aliphatic rings. The first kappa shape index (κ1) is 30.9. The molecule has 1 aromatic carbocycles. The number of nitrogens with zero attached hydrogens (tertiary/aromatic N) is 2. The minimum Gasteiger partial charge on any atom is -0.382 e. The zero-order valence-electron chi connectivity index (χ0n) is 24.0. The number of aryl methyl sites for hydroxylation is 1. The first-order valence-corrected chi connectivity index (χ1v) is 15.3. The van der Waals surface area contributed by atoms with Gasteiger partial charge in [0.25, 0.3) is 0 Å². The number of unbranched alkanes of at least 4 members (excludes halogenated alkanes) is 3. The Kier molecular flexibility index (Phi) is 11.5. The van der Waals surface area contributed by atoms with Gasteiger partial charge in [-0.1, -0.05) is 68.3 Å². The van der Waals surface area contributed by atoms with Crippen LogP contribution in [-0.2, 0) is 16.0 Å². The summed E-state index contributed by atoms with van der Waals surface area (Å²) in [5, 5.41) is 8.28. The maximum absolute atomic E-state index is 10.8. The van der Waals surface area contributed by atoms with Crippen LogP contribution in [0.15, 0.2) is 18.2 Å².